The number of hydrogen-bond donors (Lipinski definition) is 2. The number of carbonyl (C=O) groups is 3. The number of ether oxygens (including phenoxy) is 3. The van der Waals surface area contributed by atoms with Gasteiger partial charge < -0.3 is 19.3 Å². The maximum atomic E-state index is 12.3. The van der Waals surface area contributed by atoms with Gasteiger partial charge in [-0.1, -0.05) is 18.7 Å². The Bertz CT molecular complexity index is 755. The molecule has 2 N–H and O–H groups in total. The molecule has 1 aliphatic heterocycles. The molecule has 3 rings (SSSR count). The van der Waals surface area contributed by atoms with E-state index in [1.807, 2.05) is 0 Å². The zero-order chi connectivity index (χ0) is 21.0. The van der Waals surface area contributed by atoms with Crippen LogP contribution in [0.2, 0.25) is 0 Å². The second kappa shape index (κ2) is 6.68. The predicted octanol–water partition coefficient (Wildman–Crippen LogP) is 0.763. The molecular weight excluding hydrogens is 372 g/mol. The fourth-order valence-corrected chi connectivity index (χ4v) is 4.75. The van der Waals surface area contributed by atoms with Gasteiger partial charge in [-0.15, -0.1) is 0 Å². The Hall–Kier alpha value is -2.23. The summed E-state index contributed by atoms with van der Waals surface area (Å²) in [5.41, 5.74) is -3.01. The van der Waals surface area contributed by atoms with Crippen molar-refractivity contribution in [2.24, 2.45) is 17.8 Å². The first-order chi connectivity index (χ1) is 12.9. The van der Waals surface area contributed by atoms with E-state index < -0.39 is 65.2 Å². The van der Waals surface area contributed by atoms with Crippen LogP contribution < -0.4 is 0 Å². The second-order valence-electron chi connectivity index (χ2n) is 7.94. The van der Waals surface area contributed by atoms with E-state index in [2.05, 4.69) is 6.58 Å². The Morgan fingerprint density at radius 2 is 1.82 bits per heavy atom. The minimum atomic E-state index is -1.74. The van der Waals surface area contributed by atoms with Crippen LogP contribution in [-0.2, 0) is 33.5 Å². The van der Waals surface area contributed by atoms with Gasteiger partial charge >= 0.3 is 17.9 Å². The van der Waals surface area contributed by atoms with Gasteiger partial charge in [-0.3, -0.25) is 14.8 Å². The molecule has 9 nitrogen and oxygen atoms in total. The molecule has 154 valence electrons. The molecule has 0 bridgehead atoms. The lowest BCUT2D eigenvalue weighted by molar-refractivity contribution is -0.324. The molecule has 0 aromatic heterocycles. The molecule has 1 heterocycles. The first kappa shape index (κ1) is 20.5. The minimum Gasteiger partial charge on any atom is -0.458 e. The Kier molecular flexibility index (Phi) is 4.89. The molecule has 3 aliphatic rings. The SMILES string of the molecule is C=C1C(=O)O[C@H]2[C@H]1[C@@H](OC(C)=O)[C@@H](OC(C)=O)C(C)(O)[C@@H]1C=CC(C)(OO)[C@H]21. The quantitative estimate of drug-likeness (QED) is 0.177. The maximum absolute atomic E-state index is 12.3. The van der Waals surface area contributed by atoms with Crippen molar-refractivity contribution in [3.8, 4) is 0 Å². The van der Waals surface area contributed by atoms with E-state index in [-0.39, 0.29) is 5.57 Å². The average Bonchev–Trinajstić information content (AvgIpc) is 3.06. The Balaban J connectivity index is 2.21. The zero-order valence-electron chi connectivity index (χ0n) is 16.1. The standard InChI is InChI=1S/C19H24O9/c1-8-12-14(27-17(8)22)13-11(6-7-18(13,4)28-24)19(5,23)16(26-10(3)21)15(12)25-9(2)20/h6-7,11-16,23-24H,1H2,2-5H3/t11-,12+,13+,14+,15-,16-,18?,19?/m1/s1. The fourth-order valence-electron chi connectivity index (χ4n) is 4.75. The highest BCUT2D eigenvalue weighted by Crippen LogP contribution is 2.55. The highest BCUT2D eigenvalue weighted by atomic mass is 17.1. The van der Waals surface area contributed by atoms with Gasteiger partial charge in [0.2, 0.25) is 0 Å². The van der Waals surface area contributed by atoms with Crippen LogP contribution in [0.25, 0.3) is 0 Å². The van der Waals surface area contributed by atoms with E-state index in [9.17, 15) is 24.7 Å². The van der Waals surface area contributed by atoms with Crippen molar-refractivity contribution >= 4 is 17.9 Å². The maximum Gasteiger partial charge on any atom is 0.334 e. The molecule has 0 spiro atoms. The summed E-state index contributed by atoms with van der Waals surface area (Å²) in [6, 6.07) is 0. The van der Waals surface area contributed by atoms with Gasteiger partial charge in [0.1, 0.15) is 17.3 Å². The topological polar surface area (TPSA) is 129 Å². The largest absolute Gasteiger partial charge is 0.458 e. The summed E-state index contributed by atoms with van der Waals surface area (Å²) in [6.45, 7) is 9.10. The van der Waals surface area contributed by atoms with Crippen molar-refractivity contribution < 1.29 is 43.8 Å². The lowest BCUT2D eigenvalue weighted by atomic mass is 9.73. The molecule has 28 heavy (non-hydrogen) atoms. The van der Waals surface area contributed by atoms with Gasteiger partial charge in [0.25, 0.3) is 0 Å². The third-order valence-electron chi connectivity index (χ3n) is 5.99. The van der Waals surface area contributed by atoms with Gasteiger partial charge in [-0.25, -0.2) is 9.68 Å². The van der Waals surface area contributed by atoms with E-state index in [1.165, 1.54) is 13.8 Å². The van der Waals surface area contributed by atoms with E-state index in [1.54, 1.807) is 19.1 Å². The number of rotatable bonds is 3. The molecule has 9 heteroatoms. The van der Waals surface area contributed by atoms with E-state index in [0.29, 0.717) is 0 Å². The van der Waals surface area contributed by atoms with Crippen LogP contribution in [0.15, 0.2) is 24.3 Å². The molecule has 0 radical (unpaired) electrons. The third-order valence-corrected chi connectivity index (χ3v) is 5.99. The van der Waals surface area contributed by atoms with Gasteiger partial charge in [0.15, 0.2) is 12.2 Å². The van der Waals surface area contributed by atoms with Gasteiger partial charge in [0, 0.05) is 31.3 Å². The summed E-state index contributed by atoms with van der Waals surface area (Å²) in [7, 11) is 0. The van der Waals surface area contributed by atoms with Crippen molar-refractivity contribution in [2.45, 2.75) is 57.2 Å². The van der Waals surface area contributed by atoms with Crippen LogP contribution >= 0.6 is 0 Å². The second-order valence-corrected chi connectivity index (χ2v) is 7.94. The van der Waals surface area contributed by atoms with Crippen LogP contribution in [0.1, 0.15) is 27.7 Å². The number of aliphatic hydroxyl groups is 1. The molecule has 0 aromatic rings. The minimum absolute atomic E-state index is 0.0250. The summed E-state index contributed by atoms with van der Waals surface area (Å²) in [6.07, 6.45) is -0.302. The molecule has 0 aromatic carbocycles. The molecule has 1 saturated heterocycles. The molecule has 2 fully saturated rings. The lowest BCUT2D eigenvalue weighted by Crippen LogP contribution is -2.55. The number of hydrogen-bond acceptors (Lipinski definition) is 9. The lowest BCUT2D eigenvalue weighted by Gasteiger charge is -2.41. The molecule has 2 unspecified atom stereocenters. The predicted molar refractivity (Wildman–Crippen MR) is 92.5 cm³/mol. The molecule has 1 saturated carbocycles. The Labute approximate surface area is 161 Å². The van der Waals surface area contributed by atoms with Crippen molar-refractivity contribution in [1.29, 1.82) is 0 Å². The average molecular weight is 396 g/mol. The molecule has 8 atom stereocenters. The first-order valence-corrected chi connectivity index (χ1v) is 8.92. The monoisotopic (exact) mass is 396 g/mol. The van der Waals surface area contributed by atoms with Crippen molar-refractivity contribution in [1.82, 2.24) is 0 Å². The summed E-state index contributed by atoms with van der Waals surface area (Å²) in [5, 5.41) is 21.0. The van der Waals surface area contributed by atoms with Crippen LogP contribution in [-0.4, -0.2) is 57.8 Å². The molecule has 2 aliphatic carbocycles. The van der Waals surface area contributed by atoms with Crippen LogP contribution in [0.4, 0.5) is 0 Å². The van der Waals surface area contributed by atoms with Crippen molar-refractivity contribution in [3.05, 3.63) is 24.3 Å². The molecular formula is C19H24O9. The summed E-state index contributed by atoms with van der Waals surface area (Å²) >= 11 is 0. The Morgan fingerprint density at radius 3 is 2.36 bits per heavy atom. The van der Waals surface area contributed by atoms with Crippen LogP contribution in [0, 0.1) is 17.8 Å². The van der Waals surface area contributed by atoms with Gasteiger partial charge in [-0.05, 0) is 13.8 Å². The third kappa shape index (κ3) is 2.94. The summed E-state index contributed by atoms with van der Waals surface area (Å²) in [4.78, 5) is 40.6. The number of carbonyl (C=O) groups excluding carboxylic acids is 3. The normalized spacial score (nSPS) is 44.4. The molecule has 0 amide bonds. The number of esters is 3. The highest BCUT2D eigenvalue weighted by Gasteiger charge is 2.67. The zero-order valence-corrected chi connectivity index (χ0v) is 16.1. The van der Waals surface area contributed by atoms with E-state index in [0.717, 1.165) is 6.92 Å². The summed E-state index contributed by atoms with van der Waals surface area (Å²) in [5.74, 6) is -4.48. The first-order valence-electron chi connectivity index (χ1n) is 8.92. The highest BCUT2D eigenvalue weighted by molar-refractivity contribution is 5.91. The Morgan fingerprint density at radius 1 is 1.21 bits per heavy atom. The van der Waals surface area contributed by atoms with E-state index >= 15 is 0 Å². The van der Waals surface area contributed by atoms with Crippen LogP contribution in [0.3, 0.4) is 0 Å². The number of fused-ring (bicyclic) bond motifs is 3. The van der Waals surface area contributed by atoms with Crippen LogP contribution in [0.5, 0.6) is 0 Å². The van der Waals surface area contributed by atoms with Gasteiger partial charge in [-0.2, -0.15) is 0 Å². The summed E-state index contributed by atoms with van der Waals surface area (Å²) < 4.78 is 16.3. The smallest absolute Gasteiger partial charge is 0.334 e. The van der Waals surface area contributed by atoms with Gasteiger partial charge in [0.05, 0.1) is 5.92 Å². The van der Waals surface area contributed by atoms with Crippen molar-refractivity contribution in [2.75, 3.05) is 0 Å². The van der Waals surface area contributed by atoms with Crippen molar-refractivity contribution in [3.63, 3.8) is 0 Å². The van der Waals surface area contributed by atoms with E-state index in [4.69, 9.17) is 19.1 Å². The fraction of sp³-hybridized carbons (Fsp3) is 0.632.